The molecule has 1 heterocycles. The van der Waals surface area contributed by atoms with Crippen molar-refractivity contribution in [3.05, 3.63) is 45.7 Å². The van der Waals surface area contributed by atoms with E-state index < -0.39 is 0 Å². The van der Waals surface area contributed by atoms with Gasteiger partial charge in [0.1, 0.15) is 10.9 Å². The number of benzene rings is 1. The Bertz CT molecular complexity index is 631. The molecule has 3 nitrogen and oxygen atoms in total. The maximum atomic E-state index is 13.4. The van der Waals surface area contributed by atoms with Gasteiger partial charge in [-0.1, -0.05) is 26.0 Å². The van der Waals surface area contributed by atoms with Crippen molar-refractivity contribution in [1.82, 2.24) is 4.98 Å². The minimum Gasteiger partial charge on any atom is -0.490 e. The first-order chi connectivity index (χ1) is 9.61. The van der Waals surface area contributed by atoms with Gasteiger partial charge in [-0.25, -0.2) is 9.37 Å². The number of rotatable bonds is 5. The molecule has 5 heteroatoms. The number of para-hydroxylation sites is 1. The highest BCUT2D eigenvalue weighted by atomic mass is 32.1. The Morgan fingerprint density at radius 2 is 2.15 bits per heavy atom. The Morgan fingerprint density at radius 3 is 2.75 bits per heavy atom. The van der Waals surface area contributed by atoms with Crippen molar-refractivity contribution < 1.29 is 9.13 Å². The Morgan fingerprint density at radius 1 is 1.40 bits per heavy atom. The Hall–Kier alpha value is -1.93. The van der Waals surface area contributed by atoms with Gasteiger partial charge in [0.05, 0.1) is 17.3 Å². The Kier molecular flexibility index (Phi) is 4.70. The lowest BCUT2D eigenvalue weighted by molar-refractivity contribution is 0.305. The number of ether oxygens (including phenoxy) is 1. The second-order valence-electron chi connectivity index (χ2n) is 4.62. The van der Waals surface area contributed by atoms with Gasteiger partial charge in [0, 0.05) is 6.42 Å². The van der Waals surface area contributed by atoms with Crippen LogP contribution in [0.2, 0.25) is 0 Å². The lowest BCUT2D eigenvalue weighted by Crippen LogP contribution is -2.02. The number of hydrogen-bond donors (Lipinski definition) is 0. The largest absolute Gasteiger partial charge is 0.490 e. The number of halogens is 1. The van der Waals surface area contributed by atoms with Crippen LogP contribution in [0.25, 0.3) is 0 Å². The number of nitriles is 1. The van der Waals surface area contributed by atoms with E-state index in [9.17, 15) is 4.39 Å². The van der Waals surface area contributed by atoms with Crippen LogP contribution in [0.3, 0.4) is 0 Å². The molecule has 0 saturated heterocycles. The molecule has 0 fully saturated rings. The van der Waals surface area contributed by atoms with Crippen molar-refractivity contribution in [3.63, 3.8) is 0 Å². The maximum absolute atomic E-state index is 13.4. The molecule has 0 saturated carbocycles. The molecule has 0 radical (unpaired) electrons. The van der Waals surface area contributed by atoms with Crippen molar-refractivity contribution in [3.8, 4) is 11.8 Å². The van der Waals surface area contributed by atoms with Crippen molar-refractivity contribution >= 4 is 11.3 Å². The highest BCUT2D eigenvalue weighted by molar-refractivity contribution is 7.12. The molecular formula is C15H15FN2OS. The first kappa shape index (κ1) is 14.5. The summed E-state index contributed by atoms with van der Waals surface area (Å²) < 4.78 is 18.8. The van der Waals surface area contributed by atoms with Crippen LogP contribution in [-0.4, -0.2) is 11.6 Å². The number of hydrogen-bond acceptors (Lipinski definition) is 4. The molecule has 0 amide bonds. The van der Waals surface area contributed by atoms with Gasteiger partial charge in [-0.05, 0) is 18.1 Å². The third kappa shape index (κ3) is 3.34. The predicted molar refractivity (Wildman–Crippen MR) is 76.5 cm³/mol. The molecule has 0 bridgehead atoms. The van der Waals surface area contributed by atoms with Crippen LogP contribution >= 0.6 is 11.3 Å². The van der Waals surface area contributed by atoms with E-state index in [0.29, 0.717) is 17.9 Å². The van der Waals surface area contributed by atoms with Gasteiger partial charge in [-0.2, -0.15) is 5.26 Å². The second-order valence-corrected chi connectivity index (χ2v) is 5.70. The molecule has 0 spiro atoms. The minimum atomic E-state index is -0.368. The van der Waals surface area contributed by atoms with Gasteiger partial charge in [0.25, 0.3) is 0 Å². The molecule has 1 aromatic heterocycles. The third-order valence-electron chi connectivity index (χ3n) is 2.76. The molecule has 104 valence electrons. The zero-order valence-electron chi connectivity index (χ0n) is 11.4. The number of nitrogens with zero attached hydrogens (tertiary/aromatic N) is 2. The summed E-state index contributed by atoms with van der Waals surface area (Å²) in [5.41, 5.74) is 0.832. The molecule has 2 aromatic rings. The summed E-state index contributed by atoms with van der Waals surface area (Å²) in [7, 11) is 0. The molecule has 0 aliphatic rings. The van der Waals surface area contributed by atoms with Crippen molar-refractivity contribution in [2.45, 2.75) is 26.2 Å². The van der Waals surface area contributed by atoms with Gasteiger partial charge >= 0.3 is 0 Å². The van der Waals surface area contributed by atoms with Crippen molar-refractivity contribution in [1.29, 1.82) is 5.26 Å². The molecule has 0 N–H and O–H groups in total. The molecule has 0 atom stereocenters. The van der Waals surface area contributed by atoms with Gasteiger partial charge < -0.3 is 4.74 Å². The van der Waals surface area contributed by atoms with Crippen LogP contribution in [0.4, 0.5) is 4.39 Å². The lowest BCUT2D eigenvalue weighted by Gasteiger charge is -2.05. The quantitative estimate of drug-likeness (QED) is 0.839. The van der Waals surface area contributed by atoms with Crippen LogP contribution in [0, 0.1) is 17.1 Å². The fraction of sp³-hybridized carbons (Fsp3) is 0.333. The molecule has 0 aliphatic carbocycles. The zero-order valence-corrected chi connectivity index (χ0v) is 12.2. The summed E-state index contributed by atoms with van der Waals surface area (Å²) in [5, 5.41) is 9.91. The molecule has 0 aliphatic heterocycles. The molecular weight excluding hydrogens is 275 g/mol. The van der Waals surface area contributed by atoms with Gasteiger partial charge in [0.15, 0.2) is 11.6 Å². The summed E-state index contributed by atoms with van der Waals surface area (Å²) >= 11 is 1.38. The third-order valence-corrected chi connectivity index (χ3v) is 3.79. The molecule has 20 heavy (non-hydrogen) atoms. The Labute approximate surface area is 121 Å². The fourth-order valence-electron chi connectivity index (χ4n) is 1.77. The zero-order chi connectivity index (χ0) is 14.5. The first-order valence-corrected chi connectivity index (χ1v) is 7.20. The van der Waals surface area contributed by atoms with Crippen molar-refractivity contribution in [2.24, 2.45) is 0 Å². The van der Waals surface area contributed by atoms with E-state index >= 15 is 0 Å². The summed E-state index contributed by atoms with van der Waals surface area (Å²) in [6.07, 6.45) is 0.570. The summed E-state index contributed by atoms with van der Waals surface area (Å²) in [5.74, 6) is 0.100. The SMILES string of the molecule is CC(C)c1nc(CCOc2ccccc2F)sc1C#N. The fourth-order valence-corrected chi connectivity index (χ4v) is 2.76. The van der Waals surface area contributed by atoms with E-state index in [1.165, 1.54) is 17.4 Å². The predicted octanol–water partition coefficient (Wildman–Crippen LogP) is 3.90. The van der Waals surface area contributed by atoms with Crippen LogP contribution in [0.15, 0.2) is 24.3 Å². The summed E-state index contributed by atoms with van der Waals surface area (Å²) in [6.45, 7) is 4.36. The van der Waals surface area contributed by atoms with Crippen LogP contribution in [-0.2, 0) is 6.42 Å². The monoisotopic (exact) mass is 290 g/mol. The van der Waals surface area contributed by atoms with Crippen LogP contribution in [0.1, 0.15) is 35.3 Å². The molecule has 0 unspecified atom stereocenters. The van der Waals surface area contributed by atoms with Crippen molar-refractivity contribution in [2.75, 3.05) is 6.61 Å². The first-order valence-electron chi connectivity index (χ1n) is 6.39. The van der Waals surface area contributed by atoms with E-state index in [2.05, 4.69) is 11.1 Å². The lowest BCUT2D eigenvalue weighted by atomic mass is 10.1. The average Bonchev–Trinajstić information content (AvgIpc) is 2.84. The maximum Gasteiger partial charge on any atom is 0.165 e. The minimum absolute atomic E-state index is 0.224. The Balaban J connectivity index is 1.98. The number of thiazole rings is 1. The van der Waals surface area contributed by atoms with Gasteiger partial charge in [-0.15, -0.1) is 11.3 Å². The van der Waals surface area contributed by atoms with E-state index in [1.54, 1.807) is 18.2 Å². The molecule has 2 rings (SSSR count). The van der Waals surface area contributed by atoms with Gasteiger partial charge in [0.2, 0.25) is 0 Å². The normalized spacial score (nSPS) is 10.6. The van der Waals surface area contributed by atoms with E-state index in [4.69, 9.17) is 10.00 Å². The summed E-state index contributed by atoms with van der Waals surface area (Å²) in [4.78, 5) is 5.11. The number of aromatic nitrogens is 1. The molecule has 1 aromatic carbocycles. The average molecular weight is 290 g/mol. The van der Waals surface area contributed by atoms with E-state index in [1.807, 2.05) is 13.8 Å². The standard InChI is InChI=1S/C15H15FN2OS/c1-10(2)15-13(9-17)20-14(18-15)7-8-19-12-6-4-3-5-11(12)16/h3-6,10H,7-8H2,1-2H3. The highest BCUT2D eigenvalue weighted by Gasteiger charge is 2.14. The highest BCUT2D eigenvalue weighted by Crippen LogP contribution is 2.25. The van der Waals surface area contributed by atoms with Gasteiger partial charge in [-0.3, -0.25) is 0 Å². The van der Waals surface area contributed by atoms with Crippen LogP contribution < -0.4 is 4.74 Å². The second kappa shape index (κ2) is 6.49. The topological polar surface area (TPSA) is 45.9 Å². The van der Waals surface area contributed by atoms with E-state index in [0.717, 1.165) is 10.7 Å². The van der Waals surface area contributed by atoms with E-state index in [-0.39, 0.29) is 17.5 Å². The smallest absolute Gasteiger partial charge is 0.165 e. The van der Waals surface area contributed by atoms with Crippen LogP contribution in [0.5, 0.6) is 5.75 Å². The summed E-state index contributed by atoms with van der Waals surface area (Å²) in [6, 6.07) is 8.48.